The molecule has 1 N–H and O–H groups in total. The second-order valence-corrected chi connectivity index (χ2v) is 10.2. The maximum Gasteiger partial charge on any atom is 0.420 e. The van der Waals surface area contributed by atoms with Gasteiger partial charge in [0.1, 0.15) is 5.56 Å². The van der Waals surface area contributed by atoms with Crippen molar-refractivity contribution in [3.05, 3.63) is 36.0 Å². The molecule has 0 radical (unpaired) electrons. The van der Waals surface area contributed by atoms with Gasteiger partial charge in [0, 0.05) is 49.9 Å². The van der Waals surface area contributed by atoms with E-state index in [9.17, 15) is 13.2 Å². The van der Waals surface area contributed by atoms with E-state index in [2.05, 4.69) is 25.5 Å². The Labute approximate surface area is 206 Å². The normalized spacial score (nSPS) is 27.0. The summed E-state index contributed by atoms with van der Waals surface area (Å²) >= 11 is 0. The van der Waals surface area contributed by atoms with Gasteiger partial charge in [0.2, 0.25) is 0 Å². The summed E-state index contributed by atoms with van der Waals surface area (Å²) in [6.45, 7) is 4.64. The van der Waals surface area contributed by atoms with Gasteiger partial charge < -0.3 is 19.7 Å². The molecular formula is C25H29F3N6O2. The number of fused-ring (bicyclic) bond motifs is 2. The first kappa shape index (κ1) is 23.6. The van der Waals surface area contributed by atoms with Crippen LogP contribution in [0, 0.1) is 11.8 Å². The van der Waals surface area contributed by atoms with Crippen LogP contribution in [-0.2, 0) is 22.7 Å². The number of anilines is 1. The fraction of sp³-hybridized carbons (Fsp3) is 0.560. The number of likely N-dealkylation sites (tertiary alicyclic amines) is 1. The molecule has 2 aliphatic heterocycles. The molecule has 3 aromatic rings. The van der Waals surface area contributed by atoms with Gasteiger partial charge in [0.25, 0.3) is 0 Å². The average Bonchev–Trinajstić information content (AvgIpc) is 3.50. The van der Waals surface area contributed by atoms with Crippen LogP contribution in [0.5, 0.6) is 0 Å². The molecule has 36 heavy (non-hydrogen) atoms. The smallest absolute Gasteiger partial charge is 0.376 e. The van der Waals surface area contributed by atoms with Gasteiger partial charge in [-0.15, -0.1) is 10.2 Å². The summed E-state index contributed by atoms with van der Waals surface area (Å²) in [4.78, 5) is 2.40. The highest BCUT2D eigenvalue weighted by atomic mass is 19.4. The van der Waals surface area contributed by atoms with Gasteiger partial charge in [0.15, 0.2) is 5.82 Å². The first-order chi connectivity index (χ1) is 17.3. The lowest BCUT2D eigenvalue weighted by Crippen LogP contribution is -2.39. The predicted octanol–water partition coefficient (Wildman–Crippen LogP) is 3.59. The van der Waals surface area contributed by atoms with Crippen molar-refractivity contribution in [1.29, 1.82) is 0 Å². The highest BCUT2D eigenvalue weighted by molar-refractivity contribution is 5.83. The van der Waals surface area contributed by atoms with Crippen LogP contribution in [0.1, 0.15) is 18.4 Å². The summed E-state index contributed by atoms with van der Waals surface area (Å²) in [5.74, 6) is 0.725. The number of hydrogen-bond donors (Lipinski definition) is 1. The molecule has 6 rings (SSSR count). The number of nitrogens with zero attached hydrogens (tertiary/aromatic N) is 5. The third kappa shape index (κ3) is 4.79. The summed E-state index contributed by atoms with van der Waals surface area (Å²) in [6.07, 6.45) is -0.975. The molecule has 4 heterocycles. The molecule has 4 atom stereocenters. The number of rotatable bonds is 5. The molecule has 3 fully saturated rings. The van der Waals surface area contributed by atoms with E-state index in [-0.39, 0.29) is 23.7 Å². The van der Waals surface area contributed by atoms with E-state index in [4.69, 9.17) is 9.47 Å². The molecule has 2 saturated heterocycles. The van der Waals surface area contributed by atoms with Gasteiger partial charge in [0.05, 0.1) is 37.1 Å². The molecule has 2 aromatic heterocycles. The number of hydrogen-bond acceptors (Lipinski definition) is 7. The zero-order valence-electron chi connectivity index (χ0n) is 20.0. The quantitative estimate of drug-likeness (QED) is 0.572. The summed E-state index contributed by atoms with van der Waals surface area (Å²) in [6, 6.07) is 6.33. The SMILES string of the molecule is Cn1cc2cc(-c3cc(C(F)(F)F)c(NC4C[C@@H]5CN(C[C@@H]6COCCO6)C[C@@H]5C4)nn3)ccc2n1. The molecule has 8 nitrogen and oxygen atoms in total. The molecule has 192 valence electrons. The van der Waals surface area contributed by atoms with Crippen molar-refractivity contribution < 1.29 is 22.6 Å². The molecular weight excluding hydrogens is 473 g/mol. The fourth-order valence-electron chi connectivity index (χ4n) is 5.95. The van der Waals surface area contributed by atoms with Gasteiger partial charge in [-0.05, 0) is 42.9 Å². The van der Waals surface area contributed by atoms with Crippen LogP contribution < -0.4 is 5.32 Å². The summed E-state index contributed by atoms with van der Waals surface area (Å²) in [7, 11) is 1.80. The number of nitrogens with one attached hydrogen (secondary N) is 1. The third-order valence-corrected chi connectivity index (χ3v) is 7.53. The monoisotopic (exact) mass is 502 g/mol. The van der Waals surface area contributed by atoms with Crippen molar-refractivity contribution in [2.45, 2.75) is 31.2 Å². The lowest BCUT2D eigenvalue weighted by molar-refractivity contribution is -0.137. The summed E-state index contributed by atoms with van der Waals surface area (Å²) < 4.78 is 55.0. The third-order valence-electron chi connectivity index (χ3n) is 7.53. The van der Waals surface area contributed by atoms with Crippen LogP contribution >= 0.6 is 0 Å². The molecule has 1 aromatic carbocycles. The van der Waals surface area contributed by atoms with Gasteiger partial charge in [-0.1, -0.05) is 6.07 Å². The molecule has 11 heteroatoms. The van der Waals surface area contributed by atoms with E-state index in [1.165, 1.54) is 0 Å². The highest BCUT2D eigenvalue weighted by Crippen LogP contribution is 2.41. The Hall–Kier alpha value is -2.76. The van der Waals surface area contributed by atoms with Crippen molar-refractivity contribution in [2.75, 3.05) is 44.8 Å². The highest BCUT2D eigenvalue weighted by Gasteiger charge is 2.43. The minimum atomic E-state index is -4.54. The van der Waals surface area contributed by atoms with Crippen LogP contribution in [0.3, 0.4) is 0 Å². The number of halogens is 3. The Bertz CT molecular complexity index is 1230. The molecule has 0 spiro atoms. The number of aryl methyl sites for hydroxylation is 1. The molecule has 1 unspecified atom stereocenters. The second kappa shape index (κ2) is 9.28. The van der Waals surface area contributed by atoms with Crippen molar-refractivity contribution in [3.8, 4) is 11.3 Å². The second-order valence-electron chi connectivity index (χ2n) is 10.2. The van der Waals surface area contributed by atoms with E-state index in [0.29, 0.717) is 37.2 Å². The zero-order chi connectivity index (χ0) is 24.9. The maximum atomic E-state index is 14.0. The Morgan fingerprint density at radius 1 is 1.08 bits per heavy atom. The van der Waals surface area contributed by atoms with Crippen molar-refractivity contribution >= 4 is 16.7 Å². The van der Waals surface area contributed by atoms with Crippen LogP contribution in [0.25, 0.3) is 22.2 Å². The van der Waals surface area contributed by atoms with Crippen molar-refractivity contribution in [3.63, 3.8) is 0 Å². The zero-order valence-corrected chi connectivity index (χ0v) is 20.0. The Kier molecular flexibility index (Phi) is 6.09. The van der Waals surface area contributed by atoms with Gasteiger partial charge in [-0.2, -0.15) is 18.3 Å². The Morgan fingerprint density at radius 2 is 1.89 bits per heavy atom. The van der Waals surface area contributed by atoms with Gasteiger partial charge in [-0.3, -0.25) is 4.68 Å². The first-order valence-electron chi connectivity index (χ1n) is 12.4. The fourth-order valence-corrected chi connectivity index (χ4v) is 5.95. The first-order valence-corrected chi connectivity index (χ1v) is 12.4. The van der Waals surface area contributed by atoms with Crippen molar-refractivity contribution in [1.82, 2.24) is 24.9 Å². The Balaban J connectivity index is 1.15. The van der Waals surface area contributed by atoms with E-state index < -0.39 is 11.7 Å². The van der Waals surface area contributed by atoms with Gasteiger partial charge >= 0.3 is 6.18 Å². The summed E-state index contributed by atoms with van der Waals surface area (Å²) in [5, 5.41) is 16.4. The van der Waals surface area contributed by atoms with Crippen LogP contribution in [0.2, 0.25) is 0 Å². The number of ether oxygens (including phenoxy) is 2. The molecule has 0 amide bonds. The van der Waals surface area contributed by atoms with Crippen LogP contribution in [0.15, 0.2) is 30.5 Å². The molecule has 0 bridgehead atoms. The van der Waals surface area contributed by atoms with Crippen molar-refractivity contribution in [2.24, 2.45) is 18.9 Å². The topological polar surface area (TPSA) is 77.3 Å². The average molecular weight is 503 g/mol. The van der Waals surface area contributed by atoms with Crippen LogP contribution in [0.4, 0.5) is 19.0 Å². The molecule has 3 aliphatic rings. The molecule has 1 saturated carbocycles. The standard InChI is InChI=1S/C25H29F3N6O2/c1-33-10-18-6-15(2-3-22(18)32-33)23-9-21(25(26,27)28)24(31-30-23)29-19-7-16-11-34(12-17(16)8-19)13-20-14-35-4-5-36-20/h2-3,6,9-10,16-17,19-20H,4-5,7-8,11-14H2,1H3,(H,29,31)/t16-,17+,19?,20-/m1/s1. The molecule has 1 aliphatic carbocycles. The lowest BCUT2D eigenvalue weighted by Gasteiger charge is -2.28. The minimum Gasteiger partial charge on any atom is -0.376 e. The van der Waals surface area contributed by atoms with E-state index >= 15 is 0 Å². The number of aromatic nitrogens is 4. The van der Waals surface area contributed by atoms with Crippen LogP contribution in [-0.4, -0.2) is 76.5 Å². The largest absolute Gasteiger partial charge is 0.420 e. The summed E-state index contributed by atoms with van der Waals surface area (Å²) in [5.41, 5.74) is 0.745. The predicted molar refractivity (Wildman–Crippen MR) is 127 cm³/mol. The minimum absolute atomic E-state index is 0.0515. The number of benzene rings is 1. The van der Waals surface area contributed by atoms with E-state index in [1.54, 1.807) is 29.9 Å². The van der Waals surface area contributed by atoms with Gasteiger partial charge in [-0.25, -0.2) is 0 Å². The van der Waals surface area contributed by atoms with E-state index in [0.717, 1.165) is 49.4 Å². The maximum absolute atomic E-state index is 14.0. The van der Waals surface area contributed by atoms with E-state index in [1.807, 2.05) is 6.20 Å². The lowest BCUT2D eigenvalue weighted by atomic mass is 10.0. The number of alkyl halides is 3. The Morgan fingerprint density at radius 3 is 2.61 bits per heavy atom.